The summed E-state index contributed by atoms with van der Waals surface area (Å²) in [4.78, 5) is 2.19. The van der Waals surface area contributed by atoms with Gasteiger partial charge in [-0.1, -0.05) is 32.9 Å². The first-order valence-electron chi connectivity index (χ1n) is 11.6. The van der Waals surface area contributed by atoms with Crippen molar-refractivity contribution >= 4 is 5.69 Å². The molecule has 0 aromatic heterocycles. The molecule has 8 heteroatoms. The Balaban J connectivity index is 0.00000408. The van der Waals surface area contributed by atoms with Crippen molar-refractivity contribution in [2.45, 2.75) is 64.8 Å². The molecule has 1 radical (unpaired) electrons. The summed E-state index contributed by atoms with van der Waals surface area (Å²) in [6, 6.07) is 8.72. The Morgan fingerprint density at radius 3 is 2.38 bits per heavy atom. The van der Waals surface area contributed by atoms with Crippen molar-refractivity contribution in [1.29, 1.82) is 0 Å². The third-order valence-electron chi connectivity index (χ3n) is 5.89. The Kier molecular flexibility index (Phi) is 11.4. The van der Waals surface area contributed by atoms with Gasteiger partial charge in [0.2, 0.25) is 0 Å². The van der Waals surface area contributed by atoms with Crippen LogP contribution in [0.2, 0.25) is 0 Å². The molecule has 1 heterocycles. The summed E-state index contributed by atoms with van der Waals surface area (Å²) < 4.78 is 26.8. The molecule has 0 amide bonds. The molecule has 1 aliphatic rings. The summed E-state index contributed by atoms with van der Waals surface area (Å²) in [5.41, 5.74) is 12.1. The second kappa shape index (κ2) is 13.1. The standard InChI is InChI=1S/C26H36F2N3O2.Ac/c1-26(2,3)13-17-4-5-24(31-7-6-22(32)16-31)19(8-17)14-30-15-25(33)23(29)11-18-9-20(27)12-21(28)10-18;/h4-5,8-10,12,22-23,25,29-30,32-33H,6-7,11,13-16H2,1-3H3;/q-1;/t22?,23-,25+;/m0./s1. The molecule has 34 heavy (non-hydrogen) atoms. The van der Waals surface area contributed by atoms with Crippen LogP contribution < -0.4 is 10.2 Å². The Bertz CT molecular complexity index is 918. The van der Waals surface area contributed by atoms with E-state index in [2.05, 4.69) is 49.2 Å². The van der Waals surface area contributed by atoms with Crippen LogP contribution in [0.15, 0.2) is 36.4 Å². The number of benzene rings is 2. The molecular formula is C26H36AcF2N3O2-. The topological polar surface area (TPSA) is 79.5 Å². The zero-order valence-electron chi connectivity index (χ0n) is 20.3. The number of nitrogens with zero attached hydrogens (tertiary/aromatic N) is 1. The predicted octanol–water partition coefficient (Wildman–Crippen LogP) is 4.24. The number of nitrogens with one attached hydrogen (secondary N) is 2. The maximum absolute atomic E-state index is 13.4. The van der Waals surface area contributed by atoms with Crippen molar-refractivity contribution in [3.63, 3.8) is 0 Å². The number of aliphatic hydroxyl groups is 2. The quantitative estimate of drug-likeness (QED) is 0.369. The van der Waals surface area contributed by atoms with Crippen LogP contribution in [0.5, 0.6) is 0 Å². The van der Waals surface area contributed by atoms with Gasteiger partial charge in [-0.2, -0.15) is 0 Å². The van der Waals surface area contributed by atoms with Crippen molar-refractivity contribution in [2.75, 3.05) is 24.5 Å². The van der Waals surface area contributed by atoms with Crippen LogP contribution in [0.1, 0.15) is 43.9 Å². The van der Waals surface area contributed by atoms with Crippen molar-refractivity contribution in [3.8, 4) is 0 Å². The van der Waals surface area contributed by atoms with Gasteiger partial charge in [-0.15, -0.1) is 6.04 Å². The molecule has 1 unspecified atom stereocenters. The molecule has 2 aromatic carbocycles. The maximum Gasteiger partial charge on any atom is 0.126 e. The molecule has 4 N–H and O–H groups in total. The first kappa shape index (κ1) is 29.6. The van der Waals surface area contributed by atoms with Gasteiger partial charge < -0.3 is 26.2 Å². The van der Waals surface area contributed by atoms with Gasteiger partial charge in [0.1, 0.15) is 11.6 Å². The number of aliphatic hydroxyl groups excluding tert-OH is 2. The second-order valence-electron chi connectivity index (χ2n) is 10.4. The minimum Gasteiger partial charge on any atom is -0.672 e. The minimum atomic E-state index is -0.980. The molecule has 0 bridgehead atoms. The zero-order chi connectivity index (χ0) is 24.2. The van der Waals surface area contributed by atoms with Crippen LogP contribution in [-0.4, -0.2) is 48.1 Å². The smallest absolute Gasteiger partial charge is 0.126 e. The normalized spacial score (nSPS) is 18.0. The van der Waals surface area contributed by atoms with Crippen molar-refractivity contribution in [1.82, 2.24) is 5.32 Å². The van der Waals surface area contributed by atoms with E-state index in [4.69, 9.17) is 5.73 Å². The fraction of sp³-hybridized carbons (Fsp3) is 0.538. The van der Waals surface area contributed by atoms with E-state index in [9.17, 15) is 19.0 Å². The molecule has 0 saturated carbocycles. The van der Waals surface area contributed by atoms with Gasteiger partial charge >= 0.3 is 0 Å². The van der Waals surface area contributed by atoms with Crippen molar-refractivity contribution < 1.29 is 63.1 Å². The molecule has 1 fully saturated rings. The number of hydrogen-bond donors (Lipinski definition) is 3. The second-order valence-corrected chi connectivity index (χ2v) is 10.4. The van der Waals surface area contributed by atoms with Crippen LogP contribution in [0.25, 0.3) is 5.73 Å². The number of anilines is 1. The molecule has 185 valence electrons. The van der Waals surface area contributed by atoms with E-state index >= 15 is 0 Å². The van der Waals surface area contributed by atoms with E-state index in [1.54, 1.807) is 0 Å². The number of halogens is 2. The largest absolute Gasteiger partial charge is 0.672 e. The monoisotopic (exact) mass is 687 g/mol. The molecule has 2 aromatic rings. The molecule has 3 rings (SSSR count). The predicted molar refractivity (Wildman–Crippen MR) is 128 cm³/mol. The third-order valence-corrected chi connectivity index (χ3v) is 5.89. The Morgan fingerprint density at radius 2 is 1.79 bits per heavy atom. The maximum atomic E-state index is 13.4. The summed E-state index contributed by atoms with van der Waals surface area (Å²) in [7, 11) is 0. The SMILES string of the molecule is CC(C)(C)Cc1ccc(N2CCC(O)C2)c(CNC[C@@H](O)[C@@H]([NH-])Cc2cc(F)cc(F)c2)c1.[Ac]. The van der Waals surface area contributed by atoms with Gasteiger partial charge in [-0.25, -0.2) is 8.78 Å². The van der Waals surface area contributed by atoms with E-state index in [-0.39, 0.29) is 68.5 Å². The number of hydrogen-bond acceptors (Lipinski definition) is 4. The molecule has 5 nitrogen and oxygen atoms in total. The van der Waals surface area contributed by atoms with E-state index in [0.29, 0.717) is 18.7 Å². The van der Waals surface area contributed by atoms with Gasteiger partial charge in [-0.3, -0.25) is 0 Å². The van der Waals surface area contributed by atoms with Crippen LogP contribution in [-0.2, 0) is 19.4 Å². The molecule has 0 aliphatic carbocycles. The summed E-state index contributed by atoms with van der Waals surface area (Å²) in [5, 5.41) is 23.7. The fourth-order valence-corrected chi connectivity index (χ4v) is 4.39. The van der Waals surface area contributed by atoms with Crippen molar-refractivity contribution in [3.05, 3.63) is 70.5 Å². The average Bonchev–Trinajstić information content (AvgIpc) is 3.12. The molecule has 0 spiro atoms. The van der Waals surface area contributed by atoms with Crippen molar-refractivity contribution in [2.24, 2.45) is 5.41 Å². The fourth-order valence-electron chi connectivity index (χ4n) is 4.39. The van der Waals surface area contributed by atoms with E-state index in [1.165, 1.54) is 17.7 Å². The first-order chi connectivity index (χ1) is 15.5. The summed E-state index contributed by atoms with van der Waals surface area (Å²) in [5.74, 6) is -1.36. The summed E-state index contributed by atoms with van der Waals surface area (Å²) >= 11 is 0. The van der Waals surface area contributed by atoms with Gasteiger partial charge in [-0.05, 0) is 59.6 Å². The van der Waals surface area contributed by atoms with Gasteiger partial charge in [0.25, 0.3) is 0 Å². The number of β-amino-alcohol motifs (C(OH)–C–C–N with tert-alkyl or cyclic N) is 1. The Morgan fingerprint density at radius 1 is 1.12 bits per heavy atom. The van der Waals surface area contributed by atoms with Gasteiger partial charge in [0, 0.05) is 82.0 Å². The van der Waals surface area contributed by atoms with E-state index in [0.717, 1.165) is 36.7 Å². The Labute approximate surface area is 237 Å². The first-order valence-corrected chi connectivity index (χ1v) is 11.6. The molecule has 3 atom stereocenters. The van der Waals surface area contributed by atoms with Gasteiger partial charge in [0.05, 0.1) is 12.2 Å². The van der Waals surface area contributed by atoms with E-state index < -0.39 is 23.8 Å². The molecule has 1 aliphatic heterocycles. The molecular weight excluding hydrogens is 651 g/mol. The van der Waals surface area contributed by atoms with Crippen LogP contribution in [0.4, 0.5) is 14.5 Å². The number of rotatable bonds is 9. The average molecular weight is 688 g/mol. The Hall–Kier alpha value is -0.618. The molecule has 1 saturated heterocycles. The third kappa shape index (κ3) is 9.11. The summed E-state index contributed by atoms with van der Waals surface area (Å²) in [6.45, 7) is 8.71. The van der Waals surface area contributed by atoms with Gasteiger partial charge in [0.15, 0.2) is 0 Å². The van der Waals surface area contributed by atoms with Crippen LogP contribution >= 0.6 is 0 Å². The van der Waals surface area contributed by atoms with E-state index in [1.807, 2.05) is 0 Å². The summed E-state index contributed by atoms with van der Waals surface area (Å²) in [6.07, 6.45) is 0.445. The minimum absolute atomic E-state index is 0. The van der Waals surface area contributed by atoms with Crippen LogP contribution in [0.3, 0.4) is 0 Å². The zero-order valence-corrected chi connectivity index (χ0v) is 25.1. The van der Waals surface area contributed by atoms with Crippen LogP contribution in [0, 0.1) is 61.1 Å².